The zero-order chi connectivity index (χ0) is 18.1. The Morgan fingerprint density at radius 3 is 2.85 bits per heavy atom. The first kappa shape index (κ1) is 16.8. The van der Waals surface area contributed by atoms with Crippen molar-refractivity contribution in [3.05, 3.63) is 41.4 Å². The molecule has 0 atom stereocenters. The predicted octanol–water partition coefficient (Wildman–Crippen LogP) is 3.02. The summed E-state index contributed by atoms with van der Waals surface area (Å²) in [6.45, 7) is 6.43. The number of nitrogens with one attached hydrogen (secondary N) is 2. The number of imidazole rings is 1. The molecule has 26 heavy (non-hydrogen) atoms. The minimum atomic E-state index is 0.0154. The lowest BCUT2D eigenvalue weighted by Crippen LogP contribution is -2.38. The Hall–Kier alpha value is -2.67. The predicted molar refractivity (Wildman–Crippen MR) is 98.7 cm³/mol. The van der Waals surface area contributed by atoms with E-state index in [0.717, 1.165) is 49.3 Å². The molecule has 0 aliphatic carbocycles. The molecule has 1 fully saturated rings. The van der Waals surface area contributed by atoms with Crippen LogP contribution in [0.2, 0.25) is 0 Å². The van der Waals surface area contributed by atoms with Crippen molar-refractivity contribution in [3.63, 3.8) is 0 Å². The molecule has 0 unspecified atom stereocenters. The maximum absolute atomic E-state index is 12.4. The average molecular weight is 353 g/mol. The molecule has 0 radical (unpaired) electrons. The zero-order valence-electron chi connectivity index (χ0n) is 15.1. The first-order valence-corrected chi connectivity index (χ1v) is 8.98. The number of rotatable bonds is 4. The first-order chi connectivity index (χ1) is 12.6. The van der Waals surface area contributed by atoms with Gasteiger partial charge in [0.15, 0.2) is 5.82 Å². The van der Waals surface area contributed by atoms with Gasteiger partial charge >= 0.3 is 0 Å². The number of hydrogen-bond acceptors (Lipinski definition) is 5. The van der Waals surface area contributed by atoms with E-state index in [2.05, 4.69) is 44.4 Å². The Labute approximate surface area is 151 Å². The molecule has 3 heterocycles. The lowest BCUT2D eigenvalue weighted by Gasteiger charge is -2.30. The normalized spacial score (nSPS) is 16.2. The topological polar surface area (TPSA) is 87.1 Å². The molecular weight excluding hydrogens is 330 g/mol. The van der Waals surface area contributed by atoms with Crippen LogP contribution in [0.25, 0.3) is 11.0 Å². The van der Waals surface area contributed by atoms with Gasteiger partial charge in [-0.15, -0.1) is 0 Å². The van der Waals surface area contributed by atoms with Crippen molar-refractivity contribution in [2.24, 2.45) is 5.92 Å². The SMILES string of the molecule is Cc1ccc2nc(CN3CCC(C(=O)Nc4cc(C)on4)CC3)[nH]c2c1. The number of aromatic nitrogens is 3. The third-order valence-corrected chi connectivity index (χ3v) is 4.90. The van der Waals surface area contributed by atoms with Crippen LogP contribution < -0.4 is 5.32 Å². The molecule has 136 valence electrons. The number of amides is 1. The third-order valence-electron chi connectivity index (χ3n) is 4.90. The highest BCUT2D eigenvalue weighted by Gasteiger charge is 2.26. The molecule has 1 aliphatic rings. The van der Waals surface area contributed by atoms with Crippen LogP contribution in [0.1, 0.15) is 30.0 Å². The van der Waals surface area contributed by atoms with Gasteiger partial charge in [-0.1, -0.05) is 11.2 Å². The van der Waals surface area contributed by atoms with Gasteiger partial charge in [-0.2, -0.15) is 0 Å². The van der Waals surface area contributed by atoms with E-state index in [1.54, 1.807) is 13.0 Å². The van der Waals surface area contributed by atoms with Crippen LogP contribution in [0.5, 0.6) is 0 Å². The molecule has 0 saturated carbocycles. The van der Waals surface area contributed by atoms with E-state index >= 15 is 0 Å². The largest absolute Gasteiger partial charge is 0.360 e. The Morgan fingerprint density at radius 1 is 1.31 bits per heavy atom. The van der Waals surface area contributed by atoms with Gasteiger partial charge in [0.05, 0.1) is 17.6 Å². The number of benzene rings is 1. The smallest absolute Gasteiger partial charge is 0.228 e. The molecule has 1 aliphatic heterocycles. The highest BCUT2D eigenvalue weighted by atomic mass is 16.5. The van der Waals surface area contributed by atoms with Crippen LogP contribution in [0.3, 0.4) is 0 Å². The Bertz CT molecular complexity index is 921. The summed E-state index contributed by atoms with van der Waals surface area (Å²) in [6.07, 6.45) is 1.67. The summed E-state index contributed by atoms with van der Waals surface area (Å²) in [5, 5.41) is 6.66. The van der Waals surface area contributed by atoms with Gasteiger partial charge in [-0.25, -0.2) is 4.98 Å². The van der Waals surface area contributed by atoms with Gasteiger partial charge < -0.3 is 14.8 Å². The van der Waals surface area contributed by atoms with E-state index in [1.807, 2.05) is 6.07 Å². The molecule has 0 spiro atoms. The molecule has 2 aromatic heterocycles. The molecule has 3 aromatic rings. The fraction of sp³-hybridized carbons (Fsp3) is 0.421. The summed E-state index contributed by atoms with van der Waals surface area (Å²) < 4.78 is 4.99. The van der Waals surface area contributed by atoms with Gasteiger partial charge in [-0.3, -0.25) is 9.69 Å². The minimum Gasteiger partial charge on any atom is -0.360 e. The van der Waals surface area contributed by atoms with Gasteiger partial charge in [0.2, 0.25) is 5.91 Å². The highest BCUT2D eigenvalue weighted by molar-refractivity contribution is 5.91. The molecule has 4 rings (SSSR count). The van der Waals surface area contributed by atoms with Crippen LogP contribution in [0.4, 0.5) is 5.82 Å². The quantitative estimate of drug-likeness (QED) is 0.753. The van der Waals surface area contributed by atoms with E-state index in [4.69, 9.17) is 4.52 Å². The maximum atomic E-state index is 12.4. The number of anilines is 1. The second-order valence-corrected chi connectivity index (χ2v) is 7.07. The van der Waals surface area contributed by atoms with Crippen LogP contribution in [-0.4, -0.2) is 39.0 Å². The van der Waals surface area contributed by atoms with Crippen molar-refractivity contribution in [2.75, 3.05) is 18.4 Å². The maximum Gasteiger partial charge on any atom is 0.228 e. The van der Waals surface area contributed by atoms with Crippen molar-refractivity contribution in [1.29, 1.82) is 0 Å². The van der Waals surface area contributed by atoms with Crippen LogP contribution in [0.15, 0.2) is 28.8 Å². The molecule has 1 saturated heterocycles. The van der Waals surface area contributed by atoms with E-state index in [1.165, 1.54) is 5.56 Å². The van der Waals surface area contributed by atoms with Crippen molar-refractivity contribution < 1.29 is 9.32 Å². The summed E-state index contributed by atoms with van der Waals surface area (Å²) in [5.74, 6) is 2.20. The summed E-state index contributed by atoms with van der Waals surface area (Å²) in [4.78, 5) is 22.8. The van der Waals surface area contributed by atoms with Gasteiger partial charge in [0.1, 0.15) is 11.6 Å². The monoisotopic (exact) mass is 353 g/mol. The molecular formula is C19H23N5O2. The molecule has 7 nitrogen and oxygen atoms in total. The molecule has 0 bridgehead atoms. The molecule has 1 amide bonds. The van der Waals surface area contributed by atoms with E-state index in [9.17, 15) is 4.79 Å². The number of aromatic amines is 1. The third kappa shape index (κ3) is 3.62. The summed E-state index contributed by atoms with van der Waals surface area (Å²) in [6, 6.07) is 7.98. The standard InChI is InChI=1S/C19H23N5O2/c1-12-3-4-15-16(9-12)21-18(20-15)11-24-7-5-14(6-8-24)19(25)22-17-10-13(2)26-23-17/h3-4,9-10,14H,5-8,11H2,1-2H3,(H,20,21)(H,22,23,25). The molecule has 1 aromatic carbocycles. The average Bonchev–Trinajstić information content (AvgIpc) is 3.20. The number of carbonyl (C=O) groups is 1. The number of H-pyrrole nitrogens is 1. The fourth-order valence-electron chi connectivity index (χ4n) is 3.47. The van der Waals surface area contributed by atoms with Crippen molar-refractivity contribution in [3.8, 4) is 0 Å². The lowest BCUT2D eigenvalue weighted by atomic mass is 9.96. The zero-order valence-corrected chi connectivity index (χ0v) is 15.1. The molecule has 7 heteroatoms. The van der Waals surface area contributed by atoms with Crippen LogP contribution in [0, 0.1) is 19.8 Å². The Balaban J connectivity index is 1.32. The van der Waals surface area contributed by atoms with Crippen molar-refractivity contribution >= 4 is 22.8 Å². The van der Waals surface area contributed by atoms with Crippen molar-refractivity contribution in [2.45, 2.75) is 33.2 Å². The number of aryl methyl sites for hydroxylation is 2. The van der Waals surface area contributed by atoms with Gasteiger partial charge in [-0.05, 0) is 57.5 Å². The van der Waals surface area contributed by atoms with Gasteiger partial charge in [0.25, 0.3) is 0 Å². The summed E-state index contributed by atoms with van der Waals surface area (Å²) in [7, 11) is 0. The number of hydrogen-bond donors (Lipinski definition) is 2. The number of nitrogens with zero attached hydrogens (tertiary/aromatic N) is 3. The highest BCUT2D eigenvalue weighted by Crippen LogP contribution is 2.21. The number of likely N-dealkylation sites (tertiary alicyclic amines) is 1. The number of carbonyl (C=O) groups excluding carboxylic acids is 1. The Morgan fingerprint density at radius 2 is 2.12 bits per heavy atom. The van der Waals surface area contributed by atoms with E-state index in [0.29, 0.717) is 11.6 Å². The first-order valence-electron chi connectivity index (χ1n) is 8.98. The fourth-order valence-corrected chi connectivity index (χ4v) is 3.47. The van der Waals surface area contributed by atoms with Crippen molar-refractivity contribution in [1.82, 2.24) is 20.0 Å². The van der Waals surface area contributed by atoms with E-state index < -0.39 is 0 Å². The van der Waals surface area contributed by atoms with Gasteiger partial charge in [0, 0.05) is 12.0 Å². The second kappa shape index (κ2) is 6.92. The van der Waals surface area contributed by atoms with Crippen LogP contribution in [-0.2, 0) is 11.3 Å². The summed E-state index contributed by atoms with van der Waals surface area (Å²) >= 11 is 0. The minimum absolute atomic E-state index is 0.0154. The lowest BCUT2D eigenvalue weighted by molar-refractivity contribution is -0.121. The van der Waals surface area contributed by atoms with E-state index in [-0.39, 0.29) is 11.8 Å². The number of fused-ring (bicyclic) bond motifs is 1. The Kier molecular flexibility index (Phi) is 4.46. The van der Waals surface area contributed by atoms with Crippen LogP contribution >= 0.6 is 0 Å². The summed E-state index contributed by atoms with van der Waals surface area (Å²) in [5.41, 5.74) is 3.31. The molecule has 2 N–H and O–H groups in total. The number of piperidine rings is 1. The second-order valence-electron chi connectivity index (χ2n) is 7.07.